The van der Waals surface area contributed by atoms with Gasteiger partial charge in [0.05, 0.1) is 29.8 Å². The van der Waals surface area contributed by atoms with Gasteiger partial charge in [0.15, 0.2) is 0 Å². The molecular weight excluding hydrogens is 539 g/mol. The van der Waals surface area contributed by atoms with Crippen LogP contribution in [0.2, 0.25) is 0 Å². The van der Waals surface area contributed by atoms with Crippen molar-refractivity contribution < 1.29 is 35.5 Å². The number of nitrogens with one attached hydrogen (secondary N) is 1. The molecule has 204 valence electrons. The third kappa shape index (κ3) is 5.48. The zero-order valence-corrected chi connectivity index (χ0v) is 21.3. The summed E-state index contributed by atoms with van der Waals surface area (Å²) in [6.45, 7) is -0.193. The van der Waals surface area contributed by atoms with Crippen molar-refractivity contribution in [2.75, 3.05) is 18.0 Å². The normalized spacial score (nSPS) is 15.5. The Morgan fingerprint density at radius 2 is 1.85 bits per heavy atom. The quantitative estimate of drug-likeness (QED) is 0.349. The predicted octanol–water partition coefficient (Wildman–Crippen LogP) is 4.65. The molecule has 9 nitrogen and oxygen atoms in total. The van der Waals surface area contributed by atoms with E-state index in [2.05, 4.69) is 10.2 Å². The molecule has 0 aliphatic carbocycles. The summed E-state index contributed by atoms with van der Waals surface area (Å²) >= 11 is 0. The fourth-order valence-electron chi connectivity index (χ4n) is 4.28. The number of aryl methyl sites for hydroxylation is 1. The van der Waals surface area contributed by atoms with Gasteiger partial charge in [-0.15, -0.1) is 5.10 Å². The summed E-state index contributed by atoms with van der Waals surface area (Å²) in [6, 6.07) is 15.7. The van der Waals surface area contributed by atoms with Crippen LogP contribution >= 0.6 is 0 Å². The van der Waals surface area contributed by atoms with E-state index in [0.717, 1.165) is 28.1 Å². The topological polar surface area (TPSA) is 115 Å². The van der Waals surface area contributed by atoms with E-state index in [1.807, 2.05) is 6.07 Å². The zero-order valence-electron chi connectivity index (χ0n) is 20.4. The van der Waals surface area contributed by atoms with E-state index in [-0.39, 0.29) is 36.7 Å². The third-order valence-corrected chi connectivity index (χ3v) is 7.98. The number of fused-ring (bicyclic) bond motifs is 1. The van der Waals surface area contributed by atoms with Gasteiger partial charge in [-0.1, -0.05) is 24.3 Å². The number of hydrogen-bond acceptors (Lipinski definition) is 7. The first-order valence-electron chi connectivity index (χ1n) is 11.7. The molecule has 3 aromatic carbocycles. The molecule has 4 aromatic rings. The van der Waals surface area contributed by atoms with E-state index < -0.39 is 38.5 Å². The Morgan fingerprint density at radius 1 is 1.08 bits per heavy atom. The Morgan fingerprint density at radius 3 is 2.56 bits per heavy atom. The number of rotatable bonds is 7. The number of aromatic amines is 1. The highest BCUT2D eigenvalue weighted by Crippen LogP contribution is 2.41. The number of aromatic nitrogens is 2. The van der Waals surface area contributed by atoms with Gasteiger partial charge in [-0.3, -0.25) is 4.31 Å². The van der Waals surface area contributed by atoms with Crippen molar-refractivity contribution in [2.45, 2.75) is 30.0 Å². The van der Waals surface area contributed by atoms with E-state index in [1.165, 1.54) is 7.11 Å². The molecule has 0 radical (unpaired) electrons. The average Bonchev–Trinajstić information content (AvgIpc) is 3.35. The van der Waals surface area contributed by atoms with Crippen LogP contribution in [0.15, 0.2) is 80.8 Å². The number of benzene rings is 3. The predicted molar refractivity (Wildman–Crippen MR) is 134 cm³/mol. The fourth-order valence-corrected chi connectivity index (χ4v) is 5.83. The lowest BCUT2D eigenvalue weighted by Gasteiger charge is -2.36. The molecule has 0 spiro atoms. The molecule has 13 heteroatoms. The Hall–Kier alpha value is -4.26. The maximum atomic E-state index is 13.8. The highest BCUT2D eigenvalue weighted by Gasteiger charge is 2.37. The van der Waals surface area contributed by atoms with Gasteiger partial charge in [-0.05, 0) is 60.0 Å². The number of hydrogen-bond donors (Lipinski definition) is 1. The molecule has 0 amide bonds. The lowest BCUT2D eigenvalue weighted by atomic mass is 10.0. The first-order chi connectivity index (χ1) is 18.5. The fraction of sp³-hybridized carbons (Fsp3) is 0.231. The van der Waals surface area contributed by atoms with Crippen molar-refractivity contribution in [3.05, 3.63) is 88.7 Å². The van der Waals surface area contributed by atoms with Gasteiger partial charge in [-0.2, -0.15) is 13.2 Å². The summed E-state index contributed by atoms with van der Waals surface area (Å²) in [5.41, 5.74) is 0.490. The molecule has 0 fully saturated rings. The van der Waals surface area contributed by atoms with Crippen LogP contribution in [0.25, 0.3) is 11.1 Å². The summed E-state index contributed by atoms with van der Waals surface area (Å²) in [4.78, 5) is 10.7. The Kier molecular flexibility index (Phi) is 6.85. The highest BCUT2D eigenvalue weighted by molar-refractivity contribution is 7.92. The van der Waals surface area contributed by atoms with Crippen molar-refractivity contribution in [3.8, 4) is 22.6 Å². The molecule has 1 aliphatic heterocycles. The molecule has 1 N–H and O–H groups in total. The smallest absolute Gasteiger partial charge is 0.434 e. The van der Waals surface area contributed by atoms with Crippen molar-refractivity contribution in [1.82, 2.24) is 10.2 Å². The van der Waals surface area contributed by atoms with E-state index in [9.17, 15) is 26.4 Å². The molecule has 0 bridgehead atoms. The van der Waals surface area contributed by atoms with Crippen LogP contribution in [0.1, 0.15) is 17.9 Å². The molecule has 0 saturated heterocycles. The van der Waals surface area contributed by atoms with Crippen molar-refractivity contribution in [1.29, 1.82) is 0 Å². The first-order valence-corrected chi connectivity index (χ1v) is 13.2. The van der Waals surface area contributed by atoms with E-state index >= 15 is 0 Å². The molecule has 2 heterocycles. The molecule has 1 aliphatic rings. The Balaban J connectivity index is 1.56. The highest BCUT2D eigenvalue weighted by atomic mass is 32.2. The lowest BCUT2D eigenvalue weighted by molar-refractivity contribution is -0.137. The van der Waals surface area contributed by atoms with Gasteiger partial charge in [-0.25, -0.2) is 18.3 Å². The maximum Gasteiger partial charge on any atom is 0.434 e. The summed E-state index contributed by atoms with van der Waals surface area (Å²) in [5, 5.41) is 5.90. The zero-order chi connectivity index (χ0) is 27.8. The van der Waals surface area contributed by atoms with Crippen LogP contribution in [-0.2, 0) is 22.6 Å². The van der Waals surface area contributed by atoms with E-state index in [0.29, 0.717) is 17.4 Å². The molecule has 1 atom stereocenters. The molecule has 5 rings (SSSR count). The minimum atomic E-state index is -4.72. The largest absolute Gasteiger partial charge is 0.497 e. The number of halogens is 3. The molecule has 0 unspecified atom stereocenters. The monoisotopic (exact) mass is 561 g/mol. The van der Waals surface area contributed by atoms with Crippen LogP contribution in [0, 0.1) is 0 Å². The van der Waals surface area contributed by atoms with Gasteiger partial charge >= 0.3 is 11.9 Å². The number of ether oxygens (including phenoxy) is 2. The van der Waals surface area contributed by atoms with Gasteiger partial charge < -0.3 is 13.9 Å². The standard InChI is InChI=1S/C26H22F3N3O6S/c1-36-19-6-2-4-16(12-19)17-8-10-23-22(13-17)32(15-20(37-23)9-11-24-30-31-25(33)38-24)39(34,35)21-7-3-5-18(14-21)26(27,28)29/h2-8,10,12-14,20H,9,11,15H2,1H3,(H,31,33)/t20-/m0/s1. The minimum Gasteiger partial charge on any atom is -0.497 e. The Labute approximate surface area is 220 Å². The maximum absolute atomic E-state index is 13.8. The number of sulfonamides is 1. The van der Waals surface area contributed by atoms with Crippen LogP contribution in [0.3, 0.4) is 0 Å². The second-order valence-corrected chi connectivity index (χ2v) is 10.6. The SMILES string of the molecule is COc1cccc(-c2ccc3c(c2)N(S(=O)(=O)c2cccc(C(F)(F)F)c2)C[C@H](CCc2n[nH]c(=O)o2)O3)c1. The third-order valence-electron chi connectivity index (χ3n) is 6.21. The molecule has 0 saturated carbocycles. The number of alkyl halides is 3. The first kappa shape index (κ1) is 26.4. The lowest BCUT2D eigenvalue weighted by Crippen LogP contribution is -2.43. The second-order valence-electron chi connectivity index (χ2n) is 8.76. The summed E-state index contributed by atoms with van der Waals surface area (Å²) in [5.74, 6) is 0.228. The number of nitrogens with zero attached hydrogens (tertiary/aromatic N) is 2. The van der Waals surface area contributed by atoms with Gasteiger partial charge in [0, 0.05) is 6.42 Å². The summed E-state index contributed by atoms with van der Waals surface area (Å²) in [6.07, 6.45) is -5.04. The van der Waals surface area contributed by atoms with Crippen molar-refractivity contribution >= 4 is 15.7 Å². The van der Waals surface area contributed by atoms with Gasteiger partial charge in [0.1, 0.15) is 17.6 Å². The Bertz CT molecular complexity index is 1670. The van der Waals surface area contributed by atoms with Crippen LogP contribution in [0.5, 0.6) is 11.5 Å². The van der Waals surface area contributed by atoms with Gasteiger partial charge in [0.2, 0.25) is 5.89 Å². The van der Waals surface area contributed by atoms with Crippen molar-refractivity contribution in [3.63, 3.8) is 0 Å². The second kappa shape index (κ2) is 10.1. The minimum absolute atomic E-state index is 0.120. The molecule has 39 heavy (non-hydrogen) atoms. The van der Waals surface area contributed by atoms with Crippen LogP contribution in [-0.4, -0.2) is 38.4 Å². The van der Waals surface area contributed by atoms with Crippen molar-refractivity contribution in [2.24, 2.45) is 0 Å². The summed E-state index contributed by atoms with van der Waals surface area (Å²) in [7, 11) is -2.92. The molecular formula is C26H22F3N3O6S. The molecule has 1 aromatic heterocycles. The summed E-state index contributed by atoms with van der Waals surface area (Å²) < 4.78 is 85.1. The van der Waals surface area contributed by atoms with E-state index in [1.54, 1.807) is 36.4 Å². The number of anilines is 1. The van der Waals surface area contributed by atoms with Gasteiger partial charge in [0.25, 0.3) is 10.0 Å². The van der Waals surface area contributed by atoms with Crippen LogP contribution < -0.4 is 19.5 Å². The number of H-pyrrole nitrogens is 1. The number of methoxy groups -OCH3 is 1. The average molecular weight is 562 g/mol. The van der Waals surface area contributed by atoms with Crippen LogP contribution in [0.4, 0.5) is 18.9 Å². The van der Waals surface area contributed by atoms with E-state index in [4.69, 9.17) is 13.9 Å².